The van der Waals surface area contributed by atoms with Crippen molar-refractivity contribution in [2.75, 3.05) is 32.8 Å². The number of amides is 5. The number of carboxylic acid groups (broad SMARTS) is 2. The fraction of sp³-hybridized carbons (Fsp3) is 0.652. The second kappa shape index (κ2) is 21.3. The Labute approximate surface area is 241 Å². The molecule has 19 nitrogen and oxygen atoms in total. The first kappa shape index (κ1) is 37.5. The second-order valence-corrected chi connectivity index (χ2v) is 8.96. The first-order chi connectivity index (χ1) is 19.8. The molecule has 42 heavy (non-hydrogen) atoms. The molecule has 3 atom stereocenters. The Hall–Kier alpha value is -4.52. The van der Waals surface area contributed by atoms with Gasteiger partial charge in [-0.15, -0.1) is 0 Å². The van der Waals surface area contributed by atoms with Gasteiger partial charge in [0.15, 0.2) is 5.96 Å². The van der Waals surface area contributed by atoms with Crippen molar-refractivity contribution in [1.29, 1.82) is 0 Å². The van der Waals surface area contributed by atoms with Gasteiger partial charge < -0.3 is 59.1 Å². The molecule has 0 heterocycles. The lowest BCUT2D eigenvalue weighted by Gasteiger charge is -2.21. The molecule has 0 aliphatic heterocycles. The number of carbonyl (C=O) groups excluding carboxylic acids is 5. The quantitative estimate of drug-likeness (QED) is 0.0313. The summed E-state index contributed by atoms with van der Waals surface area (Å²) in [5, 5.41) is 38.1. The average Bonchev–Trinajstić information content (AvgIpc) is 2.92. The molecule has 14 N–H and O–H groups in total. The van der Waals surface area contributed by atoms with Gasteiger partial charge >= 0.3 is 11.9 Å². The smallest absolute Gasteiger partial charge is 0.328 e. The molecule has 0 radical (unpaired) electrons. The Morgan fingerprint density at radius 1 is 0.714 bits per heavy atom. The van der Waals surface area contributed by atoms with Gasteiger partial charge in [0, 0.05) is 13.0 Å². The fourth-order valence-corrected chi connectivity index (χ4v) is 3.27. The largest absolute Gasteiger partial charge is 0.481 e. The predicted molar refractivity (Wildman–Crippen MR) is 146 cm³/mol. The van der Waals surface area contributed by atoms with E-state index in [0.29, 0.717) is 13.0 Å². The Morgan fingerprint density at radius 3 is 1.88 bits per heavy atom. The summed E-state index contributed by atoms with van der Waals surface area (Å²) in [6.07, 6.45) is 1.67. The number of hydrogen-bond acceptors (Lipinski definition) is 10. The van der Waals surface area contributed by atoms with Crippen molar-refractivity contribution >= 4 is 47.4 Å². The maximum Gasteiger partial charge on any atom is 0.328 e. The van der Waals surface area contributed by atoms with E-state index >= 15 is 0 Å². The van der Waals surface area contributed by atoms with E-state index in [1.807, 2.05) is 5.32 Å². The van der Waals surface area contributed by atoms with Crippen LogP contribution in [0.2, 0.25) is 0 Å². The fourth-order valence-electron chi connectivity index (χ4n) is 3.27. The number of rotatable bonds is 22. The molecule has 19 heteroatoms. The third kappa shape index (κ3) is 17.9. The van der Waals surface area contributed by atoms with E-state index in [4.69, 9.17) is 32.5 Å². The average molecular weight is 604 g/mol. The number of aliphatic carboxylic acids is 2. The molecule has 5 amide bonds. The molecule has 0 bridgehead atoms. The molecular formula is C23H41N9O10. The number of carbonyl (C=O) groups is 7. The summed E-state index contributed by atoms with van der Waals surface area (Å²) >= 11 is 0. The SMILES string of the molecule is NCCCCCC(=O)NCC(=O)N[C@@H](CCCN=C(N)N)C(=O)NCC(=O)N[C@@H](CC(=O)O)C(=O)N[C@@H](CO)C(=O)O. The van der Waals surface area contributed by atoms with Crippen LogP contribution in [0.5, 0.6) is 0 Å². The minimum Gasteiger partial charge on any atom is -0.481 e. The van der Waals surface area contributed by atoms with Crippen molar-refractivity contribution in [2.45, 2.75) is 63.1 Å². The van der Waals surface area contributed by atoms with E-state index < -0.39 is 79.8 Å². The number of aliphatic imine (C=N–C) groups is 1. The van der Waals surface area contributed by atoms with Crippen molar-refractivity contribution in [2.24, 2.45) is 22.2 Å². The highest BCUT2D eigenvalue weighted by molar-refractivity contribution is 5.95. The van der Waals surface area contributed by atoms with Gasteiger partial charge in [0.05, 0.1) is 26.1 Å². The minimum absolute atomic E-state index is 0.0325. The van der Waals surface area contributed by atoms with Gasteiger partial charge in [-0.25, -0.2) is 4.79 Å². The van der Waals surface area contributed by atoms with E-state index in [2.05, 4.69) is 26.3 Å². The van der Waals surface area contributed by atoms with Crippen LogP contribution in [0.15, 0.2) is 4.99 Å². The van der Waals surface area contributed by atoms with Gasteiger partial charge in [-0.1, -0.05) is 6.42 Å². The predicted octanol–water partition coefficient (Wildman–Crippen LogP) is -5.20. The molecule has 238 valence electrons. The molecule has 0 spiro atoms. The number of aliphatic hydroxyl groups is 1. The lowest BCUT2D eigenvalue weighted by atomic mass is 10.1. The Morgan fingerprint density at radius 2 is 1.33 bits per heavy atom. The van der Waals surface area contributed by atoms with Crippen LogP contribution < -0.4 is 43.8 Å². The van der Waals surface area contributed by atoms with Crippen LogP contribution in [0, 0.1) is 0 Å². The highest BCUT2D eigenvalue weighted by Crippen LogP contribution is 2.01. The van der Waals surface area contributed by atoms with E-state index in [1.165, 1.54) is 0 Å². The molecule has 0 aliphatic rings. The Kier molecular flexibility index (Phi) is 19.0. The maximum absolute atomic E-state index is 12.8. The summed E-state index contributed by atoms with van der Waals surface area (Å²) in [6, 6.07) is -4.65. The summed E-state index contributed by atoms with van der Waals surface area (Å²) in [6.45, 7) is -1.51. The lowest BCUT2D eigenvalue weighted by molar-refractivity contribution is -0.144. The van der Waals surface area contributed by atoms with Crippen LogP contribution in [0.25, 0.3) is 0 Å². The number of nitrogens with zero attached hydrogens (tertiary/aromatic N) is 1. The zero-order valence-electron chi connectivity index (χ0n) is 23.1. The number of nitrogens with two attached hydrogens (primary N) is 3. The van der Waals surface area contributed by atoms with Crippen molar-refractivity contribution in [3.63, 3.8) is 0 Å². The molecule has 0 aromatic carbocycles. The van der Waals surface area contributed by atoms with Crippen molar-refractivity contribution in [3.8, 4) is 0 Å². The van der Waals surface area contributed by atoms with Gasteiger partial charge in [-0.05, 0) is 32.2 Å². The monoisotopic (exact) mass is 603 g/mol. The summed E-state index contributed by atoms with van der Waals surface area (Å²) in [5.41, 5.74) is 15.9. The lowest BCUT2D eigenvalue weighted by Crippen LogP contribution is -2.55. The van der Waals surface area contributed by atoms with Gasteiger partial charge in [0.1, 0.15) is 18.1 Å². The second-order valence-electron chi connectivity index (χ2n) is 8.96. The van der Waals surface area contributed by atoms with Gasteiger partial charge in [0.2, 0.25) is 29.5 Å². The van der Waals surface area contributed by atoms with E-state index in [0.717, 1.165) is 12.8 Å². The van der Waals surface area contributed by atoms with E-state index in [9.17, 15) is 33.6 Å². The molecule has 0 aromatic heterocycles. The third-order valence-electron chi connectivity index (χ3n) is 5.40. The highest BCUT2D eigenvalue weighted by atomic mass is 16.4. The van der Waals surface area contributed by atoms with Crippen LogP contribution in [-0.4, -0.2) is 114 Å². The summed E-state index contributed by atoms with van der Waals surface area (Å²) < 4.78 is 0. The minimum atomic E-state index is -1.74. The number of carboxylic acids is 2. The zero-order valence-corrected chi connectivity index (χ0v) is 23.1. The highest BCUT2D eigenvalue weighted by Gasteiger charge is 2.28. The van der Waals surface area contributed by atoms with Gasteiger partial charge in [0.25, 0.3) is 0 Å². The van der Waals surface area contributed by atoms with Gasteiger partial charge in [-0.3, -0.25) is 33.8 Å². The van der Waals surface area contributed by atoms with Crippen molar-refractivity contribution in [3.05, 3.63) is 0 Å². The molecule has 0 aliphatic carbocycles. The van der Waals surface area contributed by atoms with Crippen molar-refractivity contribution < 1.29 is 48.9 Å². The molecule has 0 saturated heterocycles. The molecule has 0 saturated carbocycles. The topological polar surface area (TPSA) is 331 Å². The van der Waals surface area contributed by atoms with Crippen LogP contribution in [0.1, 0.15) is 44.9 Å². The molecular weight excluding hydrogens is 562 g/mol. The summed E-state index contributed by atoms with van der Waals surface area (Å²) in [4.78, 5) is 87.6. The Bertz CT molecular complexity index is 972. The van der Waals surface area contributed by atoms with Crippen LogP contribution in [0.3, 0.4) is 0 Å². The standard InChI is InChI=1S/C23H41N9O10/c24-7-3-1-2-6-16(34)28-10-17(35)30-13(5-4-8-27-23(25)26)20(39)29-11-18(36)31-14(9-19(37)38)21(40)32-15(12-33)22(41)42/h13-15,33H,1-12,24H2,(H,28,34)(H,29,39)(H,30,35)(H,31,36)(H,32,40)(H,37,38)(H,41,42)(H4,25,26,27)/t13-,14-,15-/m0/s1. The number of guanidine groups is 1. The van der Waals surface area contributed by atoms with Crippen LogP contribution in [0.4, 0.5) is 0 Å². The number of nitrogens with one attached hydrogen (secondary N) is 5. The number of hydrogen-bond donors (Lipinski definition) is 11. The van der Waals surface area contributed by atoms with E-state index in [-0.39, 0.29) is 37.7 Å². The molecule has 0 rings (SSSR count). The zero-order chi connectivity index (χ0) is 32.1. The van der Waals surface area contributed by atoms with Crippen LogP contribution in [-0.2, 0) is 33.6 Å². The normalized spacial score (nSPS) is 12.5. The molecule has 0 aromatic rings. The first-order valence-corrected chi connectivity index (χ1v) is 13.0. The van der Waals surface area contributed by atoms with Crippen molar-refractivity contribution in [1.82, 2.24) is 26.6 Å². The Balaban J connectivity index is 5.15. The first-order valence-electron chi connectivity index (χ1n) is 13.0. The summed E-state index contributed by atoms with van der Waals surface area (Å²) in [5.74, 6) is -7.33. The third-order valence-corrected chi connectivity index (χ3v) is 5.40. The molecule has 0 fully saturated rings. The van der Waals surface area contributed by atoms with E-state index in [1.54, 1.807) is 0 Å². The van der Waals surface area contributed by atoms with Crippen LogP contribution >= 0.6 is 0 Å². The molecule has 0 unspecified atom stereocenters. The maximum atomic E-state index is 12.8. The summed E-state index contributed by atoms with van der Waals surface area (Å²) in [7, 11) is 0. The van der Waals surface area contributed by atoms with Gasteiger partial charge in [-0.2, -0.15) is 0 Å². The number of aliphatic hydroxyl groups excluding tert-OH is 1. The number of unbranched alkanes of at least 4 members (excludes halogenated alkanes) is 2.